The zero-order valence-corrected chi connectivity index (χ0v) is 16.6. The van der Waals surface area contributed by atoms with Crippen LogP contribution in [0.3, 0.4) is 0 Å². The van der Waals surface area contributed by atoms with Crippen LogP contribution in [0.25, 0.3) is 0 Å². The van der Waals surface area contributed by atoms with Gasteiger partial charge in [0.05, 0.1) is 31.1 Å². The number of amides is 1. The third-order valence-electron chi connectivity index (χ3n) is 4.91. The molecular formula is C20H27N3O3. The van der Waals surface area contributed by atoms with Crippen LogP contribution in [0.4, 0.5) is 5.69 Å². The maximum absolute atomic E-state index is 12.4. The zero-order chi connectivity index (χ0) is 19.2. The van der Waals surface area contributed by atoms with Gasteiger partial charge < -0.3 is 14.8 Å². The van der Waals surface area contributed by atoms with E-state index in [2.05, 4.69) is 33.0 Å². The van der Waals surface area contributed by atoms with Crippen LogP contribution in [0.15, 0.2) is 12.1 Å². The van der Waals surface area contributed by atoms with Crippen LogP contribution in [-0.4, -0.2) is 29.9 Å². The molecule has 0 saturated heterocycles. The van der Waals surface area contributed by atoms with Crippen LogP contribution >= 0.6 is 0 Å². The fourth-order valence-corrected chi connectivity index (χ4v) is 3.90. The largest absolute Gasteiger partial charge is 0.497 e. The number of fused-ring (bicyclic) bond motifs is 1. The van der Waals surface area contributed by atoms with Crippen molar-refractivity contribution in [3.05, 3.63) is 34.6 Å². The number of anilines is 1. The highest BCUT2D eigenvalue weighted by Crippen LogP contribution is 2.46. The van der Waals surface area contributed by atoms with E-state index in [9.17, 15) is 4.79 Å². The highest BCUT2D eigenvalue weighted by molar-refractivity contribution is 5.96. The standard InChI is InChI=1S/C20H27N3O3/c1-11-18(12(2)23(22-11)20(3,4)5)14-10-17(24)21-15-8-13(25-6)9-16(26-7)19(14)15/h8-9,14H,10H2,1-7H3,(H,21,24). The molecule has 6 heteroatoms. The van der Waals surface area contributed by atoms with Crippen molar-refractivity contribution in [3.63, 3.8) is 0 Å². The second-order valence-corrected chi connectivity index (χ2v) is 7.76. The summed E-state index contributed by atoms with van der Waals surface area (Å²) in [5.41, 5.74) is 4.72. The van der Waals surface area contributed by atoms with Crippen molar-refractivity contribution >= 4 is 11.6 Å². The molecule has 1 unspecified atom stereocenters. The molecule has 0 bridgehead atoms. The Hall–Kier alpha value is -2.50. The lowest BCUT2D eigenvalue weighted by Gasteiger charge is -2.29. The summed E-state index contributed by atoms with van der Waals surface area (Å²) in [5, 5.41) is 7.72. The summed E-state index contributed by atoms with van der Waals surface area (Å²) in [6.07, 6.45) is 0.368. The lowest BCUT2D eigenvalue weighted by molar-refractivity contribution is -0.116. The number of hydrogen-bond donors (Lipinski definition) is 1. The minimum Gasteiger partial charge on any atom is -0.497 e. The molecule has 140 valence electrons. The molecule has 1 aliphatic heterocycles. The number of carbonyl (C=O) groups excluding carboxylic acids is 1. The van der Waals surface area contributed by atoms with Crippen LogP contribution in [-0.2, 0) is 10.3 Å². The lowest BCUT2D eigenvalue weighted by Crippen LogP contribution is -2.26. The van der Waals surface area contributed by atoms with Crippen LogP contribution in [0.2, 0.25) is 0 Å². The number of hydrogen-bond acceptors (Lipinski definition) is 4. The van der Waals surface area contributed by atoms with Crippen molar-refractivity contribution in [2.75, 3.05) is 19.5 Å². The quantitative estimate of drug-likeness (QED) is 0.909. The van der Waals surface area contributed by atoms with E-state index in [1.165, 1.54) is 0 Å². The summed E-state index contributed by atoms with van der Waals surface area (Å²) in [7, 11) is 3.24. The number of carbonyl (C=O) groups is 1. The van der Waals surface area contributed by atoms with Gasteiger partial charge >= 0.3 is 0 Å². The Balaban J connectivity index is 2.24. The number of ether oxygens (including phenoxy) is 2. The Morgan fingerprint density at radius 2 is 1.85 bits per heavy atom. The Bertz CT molecular complexity index is 862. The molecule has 0 saturated carbocycles. The highest BCUT2D eigenvalue weighted by atomic mass is 16.5. The monoisotopic (exact) mass is 357 g/mol. The summed E-state index contributed by atoms with van der Waals surface area (Å²) in [4.78, 5) is 12.4. The molecule has 6 nitrogen and oxygen atoms in total. The fourth-order valence-electron chi connectivity index (χ4n) is 3.90. The van der Waals surface area contributed by atoms with Crippen molar-refractivity contribution in [2.45, 2.75) is 52.5 Å². The molecule has 26 heavy (non-hydrogen) atoms. The molecule has 1 amide bonds. The first-order valence-corrected chi connectivity index (χ1v) is 8.79. The third-order valence-corrected chi connectivity index (χ3v) is 4.91. The Morgan fingerprint density at radius 3 is 2.38 bits per heavy atom. The van der Waals surface area contributed by atoms with Gasteiger partial charge in [-0.2, -0.15) is 5.10 Å². The molecule has 1 aromatic heterocycles. The SMILES string of the molecule is COc1cc2c(c(OC)c1)C(c1c(C)nn(C(C)(C)C)c1C)CC(=O)N2. The molecule has 2 aromatic rings. The maximum atomic E-state index is 12.4. The number of rotatable bonds is 3. The highest BCUT2D eigenvalue weighted by Gasteiger charge is 2.35. The molecule has 1 atom stereocenters. The molecule has 1 aromatic carbocycles. The molecule has 0 fully saturated rings. The first kappa shape index (κ1) is 18.3. The van der Waals surface area contributed by atoms with E-state index >= 15 is 0 Å². The number of methoxy groups -OCH3 is 2. The van der Waals surface area contributed by atoms with Gasteiger partial charge in [0.15, 0.2) is 0 Å². The van der Waals surface area contributed by atoms with E-state index < -0.39 is 0 Å². The second kappa shape index (κ2) is 6.34. The summed E-state index contributed by atoms with van der Waals surface area (Å²) in [6, 6.07) is 3.71. The number of aryl methyl sites for hydroxylation is 1. The van der Waals surface area contributed by atoms with Gasteiger partial charge in [-0.3, -0.25) is 9.48 Å². The van der Waals surface area contributed by atoms with Gasteiger partial charge in [-0.1, -0.05) is 0 Å². The normalized spacial score (nSPS) is 16.9. The predicted molar refractivity (Wildman–Crippen MR) is 101 cm³/mol. The average molecular weight is 357 g/mol. The summed E-state index contributed by atoms with van der Waals surface area (Å²) in [5.74, 6) is 1.25. The van der Waals surface area contributed by atoms with E-state index in [0.29, 0.717) is 17.9 Å². The minimum atomic E-state index is -0.128. The van der Waals surface area contributed by atoms with Crippen molar-refractivity contribution in [1.82, 2.24) is 9.78 Å². The second-order valence-electron chi connectivity index (χ2n) is 7.76. The molecule has 3 rings (SSSR count). The fraction of sp³-hybridized carbons (Fsp3) is 0.500. The summed E-state index contributed by atoms with van der Waals surface area (Å²) >= 11 is 0. The van der Waals surface area contributed by atoms with Crippen LogP contribution < -0.4 is 14.8 Å². The van der Waals surface area contributed by atoms with Gasteiger partial charge in [0.1, 0.15) is 11.5 Å². The lowest BCUT2D eigenvalue weighted by atomic mass is 9.83. The van der Waals surface area contributed by atoms with Crippen molar-refractivity contribution in [3.8, 4) is 11.5 Å². The smallest absolute Gasteiger partial charge is 0.225 e. The number of benzene rings is 1. The topological polar surface area (TPSA) is 65.4 Å². The zero-order valence-electron chi connectivity index (χ0n) is 16.6. The molecular weight excluding hydrogens is 330 g/mol. The van der Waals surface area contributed by atoms with E-state index in [4.69, 9.17) is 14.6 Å². The Labute approximate surface area is 154 Å². The summed E-state index contributed by atoms with van der Waals surface area (Å²) < 4.78 is 13.0. The van der Waals surface area contributed by atoms with Gasteiger partial charge in [0.2, 0.25) is 5.91 Å². The molecule has 0 aliphatic carbocycles. The maximum Gasteiger partial charge on any atom is 0.225 e. The van der Waals surface area contributed by atoms with E-state index in [-0.39, 0.29) is 17.4 Å². The third kappa shape index (κ3) is 2.93. The molecule has 2 heterocycles. The minimum absolute atomic E-state index is 0.0138. The van der Waals surface area contributed by atoms with Crippen molar-refractivity contribution in [2.24, 2.45) is 0 Å². The van der Waals surface area contributed by atoms with Gasteiger partial charge in [-0.05, 0) is 34.6 Å². The Morgan fingerprint density at radius 1 is 1.15 bits per heavy atom. The van der Waals surface area contributed by atoms with Gasteiger partial charge in [0.25, 0.3) is 0 Å². The van der Waals surface area contributed by atoms with Crippen molar-refractivity contribution in [1.29, 1.82) is 0 Å². The van der Waals surface area contributed by atoms with Crippen LogP contribution in [0, 0.1) is 13.8 Å². The summed E-state index contributed by atoms with van der Waals surface area (Å²) in [6.45, 7) is 10.5. The molecule has 1 aliphatic rings. The number of nitrogens with zero attached hydrogens (tertiary/aromatic N) is 2. The number of nitrogens with one attached hydrogen (secondary N) is 1. The van der Waals surface area contributed by atoms with Crippen LogP contribution in [0.1, 0.15) is 55.6 Å². The Kier molecular flexibility index (Phi) is 4.46. The molecule has 1 N–H and O–H groups in total. The van der Waals surface area contributed by atoms with Crippen molar-refractivity contribution < 1.29 is 14.3 Å². The van der Waals surface area contributed by atoms with E-state index in [0.717, 1.165) is 28.2 Å². The average Bonchev–Trinajstić information content (AvgIpc) is 2.87. The van der Waals surface area contributed by atoms with Crippen LogP contribution in [0.5, 0.6) is 11.5 Å². The predicted octanol–water partition coefficient (Wildman–Crippen LogP) is 3.75. The first-order valence-electron chi connectivity index (χ1n) is 8.79. The number of aromatic nitrogens is 2. The van der Waals surface area contributed by atoms with E-state index in [1.54, 1.807) is 14.2 Å². The first-order chi connectivity index (χ1) is 12.2. The van der Waals surface area contributed by atoms with E-state index in [1.807, 2.05) is 23.7 Å². The molecule has 0 spiro atoms. The molecule has 0 radical (unpaired) electrons. The van der Waals surface area contributed by atoms with Gasteiger partial charge in [0, 0.05) is 41.3 Å². The van der Waals surface area contributed by atoms with Gasteiger partial charge in [-0.25, -0.2) is 0 Å². The van der Waals surface area contributed by atoms with Gasteiger partial charge in [-0.15, -0.1) is 0 Å².